The number of nitrogens with zero attached hydrogens (tertiary/aromatic N) is 1. The van der Waals surface area contributed by atoms with Crippen molar-refractivity contribution in [3.63, 3.8) is 0 Å². The Bertz CT molecular complexity index is 870. The molecule has 0 aliphatic rings. The molecule has 30 heavy (non-hydrogen) atoms. The molecule has 164 valence electrons. The fraction of sp³-hybridized carbons (Fsp3) is 0.381. The highest BCUT2D eigenvalue weighted by atomic mass is 19.4. The van der Waals surface area contributed by atoms with E-state index in [-0.39, 0.29) is 6.54 Å². The molecule has 0 fully saturated rings. The van der Waals surface area contributed by atoms with Gasteiger partial charge in [-0.25, -0.2) is 4.99 Å². The molecule has 0 heterocycles. The molecular formula is C21H26F3N3O3. The first-order chi connectivity index (χ1) is 14.3. The zero-order valence-corrected chi connectivity index (χ0v) is 17.4. The van der Waals surface area contributed by atoms with Crippen LogP contribution in [-0.4, -0.2) is 33.8 Å². The SMILES string of the molecule is CCNC(=NCc1cccc(C(F)(F)F)c1)NCc1ccc(OC)c(OC)c1OC. The summed E-state index contributed by atoms with van der Waals surface area (Å²) in [4.78, 5) is 4.38. The standard InChI is InChI=1S/C21H26F3N3O3/c1-5-25-20(26-12-14-7-6-8-16(11-14)21(22,23)24)27-13-15-9-10-17(28-2)19(30-4)18(15)29-3/h6-11H,5,12-13H2,1-4H3,(H2,25,26,27). The Hall–Kier alpha value is -3.10. The lowest BCUT2D eigenvalue weighted by atomic mass is 10.1. The molecular weight excluding hydrogens is 399 g/mol. The molecule has 0 unspecified atom stereocenters. The molecule has 0 radical (unpaired) electrons. The molecule has 0 aliphatic carbocycles. The van der Waals surface area contributed by atoms with Crippen LogP contribution in [0.4, 0.5) is 13.2 Å². The first-order valence-corrected chi connectivity index (χ1v) is 9.30. The fourth-order valence-corrected chi connectivity index (χ4v) is 2.84. The van der Waals surface area contributed by atoms with E-state index in [1.165, 1.54) is 20.3 Å². The van der Waals surface area contributed by atoms with Crippen LogP contribution in [-0.2, 0) is 19.3 Å². The van der Waals surface area contributed by atoms with E-state index < -0.39 is 11.7 Å². The third kappa shape index (κ3) is 5.95. The number of hydrogen-bond acceptors (Lipinski definition) is 4. The van der Waals surface area contributed by atoms with Gasteiger partial charge in [0.2, 0.25) is 5.75 Å². The van der Waals surface area contributed by atoms with Crippen molar-refractivity contribution in [2.24, 2.45) is 4.99 Å². The predicted molar refractivity (Wildman–Crippen MR) is 109 cm³/mol. The number of alkyl halides is 3. The summed E-state index contributed by atoms with van der Waals surface area (Å²) in [6.45, 7) is 2.95. The van der Waals surface area contributed by atoms with Gasteiger partial charge in [0.25, 0.3) is 0 Å². The maximum Gasteiger partial charge on any atom is 0.416 e. The first kappa shape index (κ1) is 23.2. The number of guanidine groups is 1. The average Bonchev–Trinajstić information content (AvgIpc) is 2.74. The van der Waals surface area contributed by atoms with Crippen LogP contribution in [0.3, 0.4) is 0 Å². The summed E-state index contributed by atoms with van der Waals surface area (Å²) in [7, 11) is 4.60. The molecule has 0 saturated heterocycles. The van der Waals surface area contributed by atoms with Gasteiger partial charge >= 0.3 is 6.18 Å². The Kier molecular flexibility index (Phi) is 8.20. The van der Waals surface area contributed by atoms with Crippen LogP contribution in [0.2, 0.25) is 0 Å². The summed E-state index contributed by atoms with van der Waals surface area (Å²) in [5.74, 6) is 2.01. The molecule has 2 aromatic carbocycles. The molecule has 0 amide bonds. The van der Waals surface area contributed by atoms with Gasteiger partial charge in [-0.1, -0.05) is 12.1 Å². The Morgan fingerprint density at radius 2 is 1.70 bits per heavy atom. The average molecular weight is 425 g/mol. The highest BCUT2D eigenvalue weighted by Gasteiger charge is 2.30. The van der Waals surface area contributed by atoms with Gasteiger partial charge in [-0.15, -0.1) is 0 Å². The minimum absolute atomic E-state index is 0.0995. The van der Waals surface area contributed by atoms with Gasteiger partial charge in [-0.3, -0.25) is 0 Å². The molecule has 2 rings (SSSR count). The van der Waals surface area contributed by atoms with E-state index in [9.17, 15) is 13.2 Å². The van der Waals surface area contributed by atoms with Crippen LogP contribution in [0.25, 0.3) is 0 Å². The lowest BCUT2D eigenvalue weighted by Gasteiger charge is -2.17. The number of methoxy groups -OCH3 is 3. The predicted octanol–water partition coefficient (Wildman–Crippen LogP) is 3.99. The third-order valence-corrected chi connectivity index (χ3v) is 4.25. The van der Waals surface area contributed by atoms with Crippen LogP contribution in [0, 0.1) is 0 Å². The normalized spacial score (nSPS) is 11.8. The molecule has 0 atom stereocenters. The molecule has 0 bridgehead atoms. The van der Waals surface area contributed by atoms with Crippen molar-refractivity contribution < 1.29 is 27.4 Å². The van der Waals surface area contributed by atoms with Gasteiger partial charge in [-0.05, 0) is 36.8 Å². The molecule has 2 aromatic rings. The summed E-state index contributed by atoms with van der Waals surface area (Å²) < 4.78 is 54.8. The molecule has 0 aliphatic heterocycles. The van der Waals surface area contributed by atoms with Crippen molar-refractivity contribution >= 4 is 5.96 Å². The second-order valence-corrected chi connectivity index (χ2v) is 6.24. The van der Waals surface area contributed by atoms with Crippen LogP contribution < -0.4 is 24.8 Å². The number of ether oxygens (including phenoxy) is 3. The summed E-state index contributed by atoms with van der Waals surface area (Å²) in [5.41, 5.74) is 0.578. The van der Waals surface area contributed by atoms with E-state index in [0.29, 0.717) is 41.9 Å². The van der Waals surface area contributed by atoms with Crippen molar-refractivity contribution in [2.75, 3.05) is 27.9 Å². The summed E-state index contributed by atoms with van der Waals surface area (Å²) in [6.07, 6.45) is -4.38. The second kappa shape index (κ2) is 10.6. The zero-order chi connectivity index (χ0) is 22.1. The number of aliphatic imine (C=N–C) groups is 1. The van der Waals surface area contributed by atoms with E-state index >= 15 is 0 Å². The highest BCUT2D eigenvalue weighted by molar-refractivity contribution is 5.79. The van der Waals surface area contributed by atoms with Gasteiger partial charge in [0, 0.05) is 18.7 Å². The van der Waals surface area contributed by atoms with Crippen LogP contribution in [0.15, 0.2) is 41.4 Å². The largest absolute Gasteiger partial charge is 0.493 e. The Morgan fingerprint density at radius 3 is 2.30 bits per heavy atom. The summed E-state index contributed by atoms with van der Waals surface area (Å²) in [5, 5.41) is 6.23. The van der Waals surface area contributed by atoms with E-state index in [0.717, 1.165) is 17.7 Å². The van der Waals surface area contributed by atoms with E-state index in [2.05, 4.69) is 15.6 Å². The highest BCUT2D eigenvalue weighted by Crippen LogP contribution is 2.39. The van der Waals surface area contributed by atoms with E-state index in [1.54, 1.807) is 19.2 Å². The van der Waals surface area contributed by atoms with E-state index in [1.807, 2.05) is 13.0 Å². The second-order valence-electron chi connectivity index (χ2n) is 6.24. The lowest BCUT2D eigenvalue weighted by molar-refractivity contribution is -0.137. The minimum Gasteiger partial charge on any atom is -0.493 e. The van der Waals surface area contributed by atoms with Crippen LogP contribution in [0.1, 0.15) is 23.6 Å². The summed E-state index contributed by atoms with van der Waals surface area (Å²) >= 11 is 0. The summed E-state index contributed by atoms with van der Waals surface area (Å²) in [6, 6.07) is 8.74. The smallest absolute Gasteiger partial charge is 0.416 e. The van der Waals surface area contributed by atoms with Crippen molar-refractivity contribution in [3.8, 4) is 17.2 Å². The quantitative estimate of drug-likeness (QED) is 0.495. The topological polar surface area (TPSA) is 64.1 Å². The van der Waals surface area contributed by atoms with Gasteiger partial charge in [0.05, 0.1) is 33.4 Å². The molecule has 0 saturated carbocycles. The Labute approximate surface area is 174 Å². The van der Waals surface area contributed by atoms with Gasteiger partial charge in [-0.2, -0.15) is 13.2 Å². The number of hydrogen-bond donors (Lipinski definition) is 2. The van der Waals surface area contributed by atoms with Crippen molar-refractivity contribution in [1.29, 1.82) is 0 Å². The fourth-order valence-electron chi connectivity index (χ4n) is 2.84. The van der Waals surface area contributed by atoms with Crippen LogP contribution in [0.5, 0.6) is 17.2 Å². The first-order valence-electron chi connectivity index (χ1n) is 9.30. The Balaban J connectivity index is 2.17. The third-order valence-electron chi connectivity index (χ3n) is 4.25. The lowest BCUT2D eigenvalue weighted by Crippen LogP contribution is -2.36. The number of rotatable bonds is 8. The molecule has 2 N–H and O–H groups in total. The monoisotopic (exact) mass is 425 g/mol. The molecule has 0 aromatic heterocycles. The van der Waals surface area contributed by atoms with Crippen molar-refractivity contribution in [3.05, 3.63) is 53.1 Å². The molecule has 0 spiro atoms. The maximum absolute atomic E-state index is 12.9. The molecule has 6 nitrogen and oxygen atoms in total. The Morgan fingerprint density at radius 1 is 0.967 bits per heavy atom. The number of halogens is 3. The number of nitrogens with one attached hydrogen (secondary N) is 2. The zero-order valence-electron chi connectivity index (χ0n) is 17.4. The van der Waals surface area contributed by atoms with Crippen LogP contribution >= 0.6 is 0 Å². The van der Waals surface area contributed by atoms with Gasteiger partial charge < -0.3 is 24.8 Å². The minimum atomic E-state index is -4.38. The van der Waals surface area contributed by atoms with Crippen molar-refractivity contribution in [1.82, 2.24) is 10.6 Å². The van der Waals surface area contributed by atoms with E-state index in [4.69, 9.17) is 14.2 Å². The molecule has 9 heteroatoms. The van der Waals surface area contributed by atoms with Crippen molar-refractivity contribution in [2.45, 2.75) is 26.2 Å². The number of benzene rings is 2. The maximum atomic E-state index is 12.9. The van der Waals surface area contributed by atoms with Gasteiger partial charge in [0.15, 0.2) is 17.5 Å². The van der Waals surface area contributed by atoms with Gasteiger partial charge in [0.1, 0.15) is 0 Å².